The highest BCUT2D eigenvalue weighted by Crippen LogP contribution is 2.40. The molecule has 32 heavy (non-hydrogen) atoms. The second-order valence-corrected chi connectivity index (χ2v) is 9.05. The van der Waals surface area contributed by atoms with Crippen LogP contribution in [0.15, 0.2) is 65.6 Å². The van der Waals surface area contributed by atoms with Crippen molar-refractivity contribution in [1.82, 2.24) is 10.3 Å². The first-order chi connectivity index (χ1) is 15.4. The molecule has 1 unspecified atom stereocenters. The van der Waals surface area contributed by atoms with E-state index in [4.69, 9.17) is 4.74 Å². The van der Waals surface area contributed by atoms with Crippen LogP contribution in [-0.4, -0.2) is 30.0 Å². The Morgan fingerprint density at radius 2 is 2.28 bits per heavy atom. The quantitative estimate of drug-likeness (QED) is 0.233. The van der Waals surface area contributed by atoms with E-state index in [0.29, 0.717) is 17.9 Å². The number of aldehydes is 1. The molecule has 0 spiro atoms. The van der Waals surface area contributed by atoms with E-state index in [1.54, 1.807) is 17.4 Å². The summed E-state index contributed by atoms with van der Waals surface area (Å²) in [5.41, 5.74) is 5.17. The molecule has 5 nitrogen and oxygen atoms in total. The number of ether oxygens (including phenoxy) is 1. The molecule has 0 aliphatic heterocycles. The average molecular weight is 448 g/mol. The SMILES string of the molecule is C=C(C#N)/C(=C\C=C(/C)c1ncc(C2=C3CCC(NCC=O)C3=CCC=C2)s1)OC(C)C. The number of nitrogens with zero attached hydrogens (tertiary/aromatic N) is 2. The molecule has 1 N–H and O–H groups in total. The van der Waals surface area contributed by atoms with Crippen molar-refractivity contribution in [2.24, 2.45) is 0 Å². The van der Waals surface area contributed by atoms with E-state index in [1.165, 1.54) is 16.7 Å². The van der Waals surface area contributed by atoms with Crippen molar-refractivity contribution in [2.75, 3.05) is 6.54 Å². The number of carbonyl (C=O) groups is 1. The van der Waals surface area contributed by atoms with E-state index in [2.05, 4.69) is 41.2 Å². The summed E-state index contributed by atoms with van der Waals surface area (Å²) >= 11 is 1.65. The maximum absolute atomic E-state index is 10.8. The third-order valence-electron chi connectivity index (χ3n) is 5.33. The molecule has 0 radical (unpaired) electrons. The summed E-state index contributed by atoms with van der Waals surface area (Å²) in [5.74, 6) is 0.477. The summed E-state index contributed by atoms with van der Waals surface area (Å²) in [5, 5.41) is 13.4. The molecule has 1 fully saturated rings. The highest BCUT2D eigenvalue weighted by Gasteiger charge is 2.28. The van der Waals surface area contributed by atoms with Gasteiger partial charge in [0.1, 0.15) is 23.1 Å². The van der Waals surface area contributed by atoms with Gasteiger partial charge in [-0.05, 0) is 68.4 Å². The van der Waals surface area contributed by atoms with E-state index in [9.17, 15) is 10.1 Å². The summed E-state index contributed by atoms with van der Waals surface area (Å²) in [6.45, 7) is 9.98. The minimum atomic E-state index is -0.0412. The molecule has 0 amide bonds. The van der Waals surface area contributed by atoms with Crippen LogP contribution in [0.2, 0.25) is 0 Å². The largest absolute Gasteiger partial charge is 0.490 e. The maximum atomic E-state index is 10.8. The molecular formula is C26H29N3O2S. The van der Waals surface area contributed by atoms with Gasteiger partial charge >= 0.3 is 0 Å². The molecule has 1 saturated carbocycles. The maximum Gasteiger partial charge on any atom is 0.136 e. The zero-order chi connectivity index (χ0) is 23.1. The standard InChI is InChI=1S/C26H29N3O2S/c1-17(2)31-24(19(4)15-27)12-9-18(3)26-29-16-25(32-26)22-8-6-5-7-21-20(22)10-11-23(21)28-13-14-30/h6-9,12,14,16-17,23,28H,4-5,10-11,13H2,1-3H3/b18-9+,24-12+. The van der Waals surface area contributed by atoms with Crippen molar-refractivity contribution in [3.05, 3.63) is 75.5 Å². The Morgan fingerprint density at radius 3 is 3.00 bits per heavy atom. The topological polar surface area (TPSA) is 75.0 Å². The summed E-state index contributed by atoms with van der Waals surface area (Å²) in [6, 6.07) is 2.28. The van der Waals surface area contributed by atoms with Gasteiger partial charge in [-0.2, -0.15) is 5.26 Å². The lowest BCUT2D eigenvalue weighted by Gasteiger charge is -2.13. The first kappa shape index (κ1) is 23.6. The Morgan fingerprint density at radius 1 is 1.47 bits per heavy atom. The van der Waals surface area contributed by atoms with Gasteiger partial charge in [-0.15, -0.1) is 11.3 Å². The molecule has 0 aromatic carbocycles. The number of fused-ring (bicyclic) bond motifs is 1. The number of nitrogens with one attached hydrogen (secondary N) is 1. The molecule has 1 aromatic heterocycles. The number of allylic oxidation sites excluding steroid dienone is 8. The molecule has 0 saturated heterocycles. The van der Waals surface area contributed by atoms with Crippen molar-refractivity contribution >= 4 is 28.8 Å². The smallest absolute Gasteiger partial charge is 0.136 e. The van der Waals surface area contributed by atoms with Crippen molar-refractivity contribution < 1.29 is 9.53 Å². The van der Waals surface area contributed by atoms with Crippen LogP contribution in [0.4, 0.5) is 0 Å². The zero-order valence-electron chi connectivity index (χ0n) is 18.9. The second-order valence-electron chi connectivity index (χ2n) is 8.02. The number of hydrogen-bond donors (Lipinski definition) is 1. The van der Waals surface area contributed by atoms with Gasteiger partial charge in [0, 0.05) is 12.2 Å². The number of nitriles is 1. The van der Waals surface area contributed by atoms with Gasteiger partial charge in [0.05, 0.1) is 23.1 Å². The van der Waals surface area contributed by atoms with Crippen LogP contribution in [0.5, 0.6) is 0 Å². The fourth-order valence-corrected chi connectivity index (χ4v) is 4.79. The van der Waals surface area contributed by atoms with E-state index in [1.807, 2.05) is 33.0 Å². The van der Waals surface area contributed by atoms with Crippen LogP contribution in [0.25, 0.3) is 11.1 Å². The Bertz CT molecular complexity index is 1080. The van der Waals surface area contributed by atoms with Gasteiger partial charge in [0.15, 0.2) is 0 Å². The monoisotopic (exact) mass is 447 g/mol. The minimum Gasteiger partial charge on any atom is -0.490 e. The van der Waals surface area contributed by atoms with Gasteiger partial charge < -0.3 is 14.8 Å². The summed E-state index contributed by atoms with van der Waals surface area (Å²) in [6.07, 6.45) is 16.0. The van der Waals surface area contributed by atoms with Crippen molar-refractivity contribution in [2.45, 2.75) is 52.2 Å². The fourth-order valence-electron chi connectivity index (χ4n) is 3.84. The lowest BCUT2D eigenvalue weighted by atomic mass is 10.0. The van der Waals surface area contributed by atoms with Gasteiger partial charge in [-0.25, -0.2) is 4.98 Å². The van der Waals surface area contributed by atoms with E-state index in [-0.39, 0.29) is 12.1 Å². The molecule has 166 valence electrons. The third-order valence-corrected chi connectivity index (χ3v) is 6.49. The average Bonchev–Trinajstić information content (AvgIpc) is 3.37. The molecule has 1 atom stereocenters. The highest BCUT2D eigenvalue weighted by atomic mass is 32.1. The van der Waals surface area contributed by atoms with Gasteiger partial charge in [0.2, 0.25) is 0 Å². The summed E-state index contributed by atoms with van der Waals surface area (Å²) < 4.78 is 5.72. The first-order valence-corrected chi connectivity index (χ1v) is 11.6. The van der Waals surface area contributed by atoms with E-state index < -0.39 is 0 Å². The third kappa shape index (κ3) is 5.61. The normalized spacial score (nSPS) is 18.8. The second kappa shape index (κ2) is 11.0. The predicted octanol–water partition coefficient (Wildman–Crippen LogP) is 5.53. The lowest BCUT2D eigenvalue weighted by Crippen LogP contribution is -2.29. The van der Waals surface area contributed by atoms with Crippen molar-refractivity contribution in [1.29, 1.82) is 5.26 Å². The van der Waals surface area contributed by atoms with Gasteiger partial charge in [-0.3, -0.25) is 0 Å². The zero-order valence-corrected chi connectivity index (χ0v) is 19.7. The molecule has 2 aliphatic rings. The van der Waals surface area contributed by atoms with Crippen LogP contribution in [0, 0.1) is 11.3 Å². The molecule has 2 aliphatic carbocycles. The van der Waals surface area contributed by atoms with Gasteiger partial charge in [0.25, 0.3) is 0 Å². The van der Waals surface area contributed by atoms with E-state index >= 15 is 0 Å². The van der Waals surface area contributed by atoms with Crippen LogP contribution >= 0.6 is 11.3 Å². The summed E-state index contributed by atoms with van der Waals surface area (Å²) in [4.78, 5) is 16.6. The molecule has 0 bridgehead atoms. The fraction of sp³-hybridized carbons (Fsp3) is 0.346. The number of hydrogen-bond acceptors (Lipinski definition) is 6. The van der Waals surface area contributed by atoms with Crippen molar-refractivity contribution in [3.8, 4) is 6.07 Å². The number of thiazole rings is 1. The minimum absolute atomic E-state index is 0.0412. The molecule has 6 heteroatoms. The van der Waals surface area contributed by atoms with Crippen LogP contribution < -0.4 is 5.32 Å². The number of carbonyl (C=O) groups excluding carboxylic acids is 1. The van der Waals surface area contributed by atoms with Crippen LogP contribution in [0.3, 0.4) is 0 Å². The Hall–Kier alpha value is -3.01. The lowest BCUT2D eigenvalue weighted by molar-refractivity contribution is -0.107. The summed E-state index contributed by atoms with van der Waals surface area (Å²) in [7, 11) is 0. The van der Waals surface area contributed by atoms with Gasteiger partial charge in [-0.1, -0.05) is 30.9 Å². The predicted molar refractivity (Wildman–Crippen MR) is 131 cm³/mol. The molecular weight excluding hydrogens is 418 g/mol. The highest BCUT2D eigenvalue weighted by molar-refractivity contribution is 7.13. The Balaban J connectivity index is 1.87. The molecule has 3 rings (SSSR count). The molecule has 1 heterocycles. The van der Waals surface area contributed by atoms with Crippen molar-refractivity contribution in [3.63, 3.8) is 0 Å². The Kier molecular flexibility index (Phi) is 8.15. The Labute approximate surface area is 194 Å². The van der Waals surface area contributed by atoms with E-state index in [0.717, 1.165) is 41.0 Å². The van der Waals surface area contributed by atoms with Crippen LogP contribution in [0.1, 0.15) is 49.9 Å². The first-order valence-electron chi connectivity index (χ1n) is 10.8. The van der Waals surface area contributed by atoms with Crippen LogP contribution in [-0.2, 0) is 9.53 Å². The number of rotatable bonds is 9. The number of aromatic nitrogens is 1. The molecule has 1 aromatic rings.